The maximum absolute atomic E-state index is 11.4. The second-order valence-corrected chi connectivity index (χ2v) is 2.40. The fourth-order valence-corrected chi connectivity index (χ4v) is 0.497. The Morgan fingerprint density at radius 3 is 2.36 bits per heavy atom. The summed E-state index contributed by atoms with van der Waals surface area (Å²) in [5, 5.41) is 0. The average molecular weight is 189 g/mol. The van der Waals surface area contributed by atoms with E-state index in [1.807, 2.05) is 0 Å². The van der Waals surface area contributed by atoms with Crippen LogP contribution in [0.5, 0.6) is 0 Å². The molecule has 66 valence electrons. The Labute approximate surface area is 64.3 Å². The van der Waals surface area contributed by atoms with Gasteiger partial charge < -0.3 is 4.74 Å². The number of alkyl halides is 3. The van der Waals surface area contributed by atoms with Crippen LogP contribution in [0.1, 0.15) is 0 Å². The van der Waals surface area contributed by atoms with Crippen LogP contribution in [0.2, 0.25) is 0 Å². The highest BCUT2D eigenvalue weighted by atomic mass is 31.0. The fraction of sp³-hybridized carbons (Fsp3) is 0.800. The zero-order valence-electron chi connectivity index (χ0n) is 5.78. The van der Waals surface area contributed by atoms with Crippen molar-refractivity contribution >= 4 is 15.0 Å². The molecular formula is C5H9F3O2P+. The van der Waals surface area contributed by atoms with Crippen LogP contribution >= 0.6 is 9.24 Å². The summed E-state index contributed by atoms with van der Waals surface area (Å²) in [7, 11) is 1.39. The van der Waals surface area contributed by atoms with Crippen molar-refractivity contribution in [2.75, 3.05) is 19.4 Å². The van der Waals surface area contributed by atoms with Crippen LogP contribution in [0.25, 0.3) is 0 Å². The van der Waals surface area contributed by atoms with Gasteiger partial charge in [-0.25, -0.2) is 0 Å². The number of Topliss-reactive ketones (excluding diaryl/α,β-unsaturated/α-hetero) is 1. The third kappa shape index (κ3) is 7.75. The standard InChI is InChI=1S/C5H8F3O2P/c6-5(7,8)3-10-1-4(9)2-11/h1-3,11H2/p+1. The zero-order chi connectivity index (χ0) is 8.91. The Bertz CT molecular complexity index is 134. The van der Waals surface area contributed by atoms with Crippen LogP contribution in [0.15, 0.2) is 0 Å². The SMILES string of the molecule is O=C(C[PH3+])COCC(F)(F)F. The molecule has 0 saturated heterocycles. The molecule has 1 atom stereocenters. The number of ketones is 1. The van der Waals surface area contributed by atoms with E-state index in [0.29, 0.717) is 0 Å². The summed E-state index contributed by atoms with van der Waals surface area (Å²) < 4.78 is 38.2. The van der Waals surface area contributed by atoms with Crippen molar-refractivity contribution in [2.24, 2.45) is 0 Å². The van der Waals surface area contributed by atoms with Crippen LogP contribution in [0.4, 0.5) is 13.2 Å². The summed E-state index contributed by atoms with van der Waals surface area (Å²) in [6, 6.07) is 0. The quantitative estimate of drug-likeness (QED) is 0.609. The topological polar surface area (TPSA) is 26.3 Å². The van der Waals surface area contributed by atoms with E-state index in [-0.39, 0.29) is 11.9 Å². The van der Waals surface area contributed by atoms with Crippen LogP contribution in [0.3, 0.4) is 0 Å². The highest BCUT2D eigenvalue weighted by Gasteiger charge is 2.27. The molecule has 0 heterocycles. The number of halogens is 3. The molecule has 0 aliphatic carbocycles. The molecule has 0 aliphatic rings. The number of carbonyl (C=O) groups excluding carboxylic acids is 1. The van der Waals surface area contributed by atoms with Crippen molar-refractivity contribution in [1.82, 2.24) is 0 Å². The number of hydrogen-bond donors (Lipinski definition) is 0. The van der Waals surface area contributed by atoms with Gasteiger partial charge in [-0.1, -0.05) is 0 Å². The molecule has 0 fully saturated rings. The van der Waals surface area contributed by atoms with E-state index in [1.54, 1.807) is 0 Å². The van der Waals surface area contributed by atoms with E-state index in [1.165, 1.54) is 9.24 Å². The Kier molecular flexibility index (Phi) is 4.61. The van der Waals surface area contributed by atoms with Crippen molar-refractivity contribution in [3.05, 3.63) is 0 Å². The van der Waals surface area contributed by atoms with Gasteiger partial charge in [0, 0.05) is 0 Å². The molecule has 6 heteroatoms. The highest BCUT2D eigenvalue weighted by molar-refractivity contribution is 7.18. The molecule has 0 N–H and O–H groups in total. The lowest BCUT2D eigenvalue weighted by Gasteiger charge is -2.04. The van der Waals surface area contributed by atoms with E-state index >= 15 is 0 Å². The molecule has 0 spiro atoms. The van der Waals surface area contributed by atoms with E-state index in [2.05, 4.69) is 4.74 Å². The van der Waals surface area contributed by atoms with Crippen LogP contribution in [0, 0.1) is 0 Å². The smallest absolute Gasteiger partial charge is 0.364 e. The number of ether oxygens (including phenoxy) is 1. The maximum Gasteiger partial charge on any atom is 0.411 e. The van der Waals surface area contributed by atoms with Gasteiger partial charge in [-0.05, 0) is 9.24 Å². The monoisotopic (exact) mass is 189 g/mol. The number of hydrogen-bond acceptors (Lipinski definition) is 2. The Morgan fingerprint density at radius 2 is 2.00 bits per heavy atom. The summed E-state index contributed by atoms with van der Waals surface area (Å²) in [5.41, 5.74) is 0. The Balaban J connectivity index is 3.35. The molecule has 0 rings (SSSR count). The summed E-state index contributed by atoms with van der Waals surface area (Å²) in [6.07, 6.45) is -4.10. The molecule has 0 aromatic rings. The molecule has 0 bridgehead atoms. The normalized spacial score (nSPS) is 11.9. The zero-order valence-corrected chi connectivity index (χ0v) is 7.19. The van der Waals surface area contributed by atoms with Crippen molar-refractivity contribution in [1.29, 1.82) is 0 Å². The third-order valence-corrected chi connectivity index (χ3v) is 1.37. The van der Waals surface area contributed by atoms with Gasteiger partial charge in [0.15, 0.2) is 5.78 Å². The molecule has 0 saturated carbocycles. The van der Waals surface area contributed by atoms with Crippen molar-refractivity contribution < 1.29 is 22.7 Å². The van der Waals surface area contributed by atoms with Gasteiger partial charge in [-0.2, -0.15) is 13.2 Å². The first-order valence-electron chi connectivity index (χ1n) is 2.91. The average Bonchev–Trinajstić information content (AvgIpc) is 1.85. The third-order valence-electron chi connectivity index (χ3n) is 0.808. The van der Waals surface area contributed by atoms with Crippen LogP contribution in [-0.2, 0) is 9.53 Å². The predicted octanol–water partition coefficient (Wildman–Crippen LogP) is 0.742. The number of rotatable bonds is 4. The first kappa shape index (κ1) is 10.8. The van der Waals surface area contributed by atoms with Gasteiger partial charge in [0.2, 0.25) is 0 Å². The van der Waals surface area contributed by atoms with Gasteiger partial charge in [-0.15, -0.1) is 0 Å². The summed E-state index contributed by atoms with van der Waals surface area (Å²) in [6.45, 7) is -1.79. The van der Waals surface area contributed by atoms with Gasteiger partial charge in [-0.3, -0.25) is 4.79 Å². The van der Waals surface area contributed by atoms with Crippen LogP contribution in [-0.4, -0.2) is 31.3 Å². The summed E-state index contributed by atoms with van der Waals surface area (Å²) in [5.74, 6) is -0.312. The van der Waals surface area contributed by atoms with Gasteiger partial charge in [0.05, 0.1) is 0 Å². The lowest BCUT2D eigenvalue weighted by atomic mass is 10.5. The molecule has 11 heavy (non-hydrogen) atoms. The first-order chi connectivity index (χ1) is 4.95. The molecule has 0 radical (unpaired) electrons. The molecule has 0 aromatic carbocycles. The first-order valence-corrected chi connectivity index (χ1v) is 3.91. The van der Waals surface area contributed by atoms with E-state index < -0.39 is 19.4 Å². The summed E-state index contributed by atoms with van der Waals surface area (Å²) in [4.78, 5) is 10.4. The molecule has 1 unspecified atom stereocenters. The minimum absolute atomic E-state index is 0.234. The second-order valence-electron chi connectivity index (χ2n) is 1.90. The summed E-state index contributed by atoms with van der Waals surface area (Å²) >= 11 is 0. The molecule has 2 nitrogen and oxygen atoms in total. The Morgan fingerprint density at radius 1 is 1.45 bits per heavy atom. The molecule has 0 aliphatic heterocycles. The molecular weight excluding hydrogens is 180 g/mol. The van der Waals surface area contributed by atoms with E-state index in [9.17, 15) is 18.0 Å². The van der Waals surface area contributed by atoms with Gasteiger partial charge >= 0.3 is 6.18 Å². The number of carbonyl (C=O) groups is 1. The lowest BCUT2D eigenvalue weighted by molar-refractivity contribution is -0.174. The molecule has 0 amide bonds. The fourth-order valence-electron chi connectivity index (χ4n) is 0.353. The van der Waals surface area contributed by atoms with Crippen molar-refractivity contribution in [3.63, 3.8) is 0 Å². The maximum atomic E-state index is 11.4. The van der Waals surface area contributed by atoms with Crippen LogP contribution < -0.4 is 0 Å². The minimum Gasteiger partial charge on any atom is -0.364 e. The largest absolute Gasteiger partial charge is 0.411 e. The van der Waals surface area contributed by atoms with Crippen molar-refractivity contribution in [3.8, 4) is 0 Å². The second kappa shape index (κ2) is 4.67. The minimum atomic E-state index is -4.34. The van der Waals surface area contributed by atoms with Gasteiger partial charge in [0.1, 0.15) is 19.4 Å². The molecule has 0 aromatic heterocycles. The van der Waals surface area contributed by atoms with E-state index in [0.717, 1.165) is 0 Å². The highest BCUT2D eigenvalue weighted by Crippen LogP contribution is 2.14. The predicted molar refractivity (Wildman–Crippen MR) is 37.9 cm³/mol. The van der Waals surface area contributed by atoms with E-state index in [4.69, 9.17) is 0 Å². The van der Waals surface area contributed by atoms with Crippen molar-refractivity contribution in [2.45, 2.75) is 6.18 Å². The lowest BCUT2D eigenvalue weighted by Crippen LogP contribution is -2.20. The Hall–Kier alpha value is -0.150. The van der Waals surface area contributed by atoms with Gasteiger partial charge in [0.25, 0.3) is 0 Å².